The molecule has 0 aromatic heterocycles. The molecule has 0 unspecified atom stereocenters. The molecule has 1 aromatic rings. The number of carbonyl (C=O) groups is 1. The van der Waals surface area contributed by atoms with E-state index in [-0.39, 0.29) is 5.91 Å². The van der Waals surface area contributed by atoms with Crippen LogP contribution < -0.4 is 10.1 Å². The molecule has 0 atom stereocenters. The summed E-state index contributed by atoms with van der Waals surface area (Å²) in [5.74, 6) is 2.25. The zero-order valence-electron chi connectivity index (χ0n) is 11.9. The molecule has 0 fully saturated rings. The van der Waals surface area contributed by atoms with Crippen LogP contribution in [0.3, 0.4) is 0 Å². The van der Waals surface area contributed by atoms with Crippen molar-refractivity contribution >= 4 is 22.8 Å². The Labute approximate surface area is 124 Å². The number of carbonyl (C=O) groups excluding carboxylic acids is 1. The van der Waals surface area contributed by atoms with E-state index in [0.29, 0.717) is 23.3 Å². The molecule has 0 spiro atoms. The molecular formula is C15H20N2O2S. The fourth-order valence-corrected chi connectivity index (χ4v) is 2.42. The number of nitrogens with zero attached hydrogens (tertiary/aromatic N) is 1. The van der Waals surface area contributed by atoms with Crippen molar-refractivity contribution in [2.75, 3.05) is 18.9 Å². The second-order valence-electron chi connectivity index (χ2n) is 5.04. The van der Waals surface area contributed by atoms with Crippen LogP contribution in [0.5, 0.6) is 5.75 Å². The predicted octanol–water partition coefficient (Wildman–Crippen LogP) is 2.94. The zero-order chi connectivity index (χ0) is 14.4. The van der Waals surface area contributed by atoms with Crippen molar-refractivity contribution in [2.24, 2.45) is 10.9 Å². The van der Waals surface area contributed by atoms with Gasteiger partial charge in [0.1, 0.15) is 5.75 Å². The summed E-state index contributed by atoms with van der Waals surface area (Å²) in [7, 11) is 0. The average Bonchev–Trinajstić information content (AvgIpc) is 2.92. The first-order valence-electron chi connectivity index (χ1n) is 6.86. The van der Waals surface area contributed by atoms with Crippen molar-refractivity contribution < 1.29 is 9.53 Å². The van der Waals surface area contributed by atoms with Gasteiger partial charge in [0.05, 0.1) is 13.2 Å². The molecule has 108 valence electrons. The summed E-state index contributed by atoms with van der Waals surface area (Å²) in [4.78, 5) is 16.2. The molecule has 1 aromatic carbocycles. The summed E-state index contributed by atoms with van der Waals surface area (Å²) < 4.78 is 5.63. The highest BCUT2D eigenvalue weighted by molar-refractivity contribution is 8.14. The van der Waals surface area contributed by atoms with Gasteiger partial charge < -0.3 is 10.1 Å². The molecule has 1 heterocycles. The van der Waals surface area contributed by atoms with Gasteiger partial charge in [0.2, 0.25) is 0 Å². The van der Waals surface area contributed by atoms with Crippen molar-refractivity contribution in [2.45, 2.75) is 20.3 Å². The molecule has 4 nitrogen and oxygen atoms in total. The second-order valence-corrected chi connectivity index (χ2v) is 6.13. The summed E-state index contributed by atoms with van der Waals surface area (Å²) in [6, 6.07) is 7.22. The molecule has 1 N–H and O–H groups in total. The van der Waals surface area contributed by atoms with Gasteiger partial charge >= 0.3 is 0 Å². The van der Waals surface area contributed by atoms with Crippen LogP contribution in [0.25, 0.3) is 0 Å². The second kappa shape index (κ2) is 7.33. The van der Waals surface area contributed by atoms with Crippen LogP contribution in [0.15, 0.2) is 29.3 Å². The van der Waals surface area contributed by atoms with Crippen molar-refractivity contribution in [1.29, 1.82) is 0 Å². The van der Waals surface area contributed by atoms with Gasteiger partial charge in [-0.05, 0) is 36.6 Å². The van der Waals surface area contributed by atoms with Crippen LogP contribution in [0.2, 0.25) is 0 Å². The smallest absolute Gasteiger partial charge is 0.257 e. The van der Waals surface area contributed by atoms with Gasteiger partial charge in [-0.2, -0.15) is 0 Å². The van der Waals surface area contributed by atoms with Gasteiger partial charge in [-0.1, -0.05) is 25.6 Å². The largest absolute Gasteiger partial charge is 0.494 e. The van der Waals surface area contributed by atoms with Crippen LogP contribution in [-0.4, -0.2) is 30.0 Å². The molecule has 1 aliphatic rings. The topological polar surface area (TPSA) is 50.7 Å². The molecule has 20 heavy (non-hydrogen) atoms. The summed E-state index contributed by atoms with van der Waals surface area (Å²) in [6.07, 6.45) is 1.03. The molecule has 0 bridgehead atoms. The SMILES string of the molecule is CC(C)CCOc1ccc(C(=O)NC2=NCCS2)cc1. The molecular weight excluding hydrogens is 272 g/mol. The van der Waals surface area contributed by atoms with Gasteiger partial charge in [-0.25, -0.2) is 0 Å². The third-order valence-corrected chi connectivity index (χ3v) is 3.78. The first-order chi connectivity index (χ1) is 9.65. The number of benzene rings is 1. The fourth-order valence-electron chi connectivity index (χ4n) is 1.70. The van der Waals surface area contributed by atoms with E-state index in [2.05, 4.69) is 24.2 Å². The molecule has 5 heteroatoms. The maximum absolute atomic E-state index is 12.0. The molecule has 1 aliphatic heterocycles. The lowest BCUT2D eigenvalue weighted by atomic mass is 10.1. The summed E-state index contributed by atoms with van der Waals surface area (Å²) in [6.45, 7) is 5.82. The first-order valence-corrected chi connectivity index (χ1v) is 7.85. The van der Waals surface area contributed by atoms with Gasteiger partial charge in [-0.15, -0.1) is 0 Å². The van der Waals surface area contributed by atoms with Crippen LogP contribution in [0, 0.1) is 5.92 Å². The van der Waals surface area contributed by atoms with Crippen LogP contribution in [0.4, 0.5) is 0 Å². The van der Waals surface area contributed by atoms with Crippen molar-refractivity contribution in [3.05, 3.63) is 29.8 Å². The number of ether oxygens (including phenoxy) is 1. The number of rotatable bonds is 5. The first kappa shape index (κ1) is 14.9. The Kier molecular flexibility index (Phi) is 5.47. The summed E-state index contributed by atoms with van der Waals surface area (Å²) in [5.41, 5.74) is 0.622. The van der Waals surface area contributed by atoms with E-state index in [9.17, 15) is 4.79 Å². The minimum absolute atomic E-state index is 0.119. The Bertz CT molecular complexity index is 483. The third kappa shape index (κ3) is 4.56. The zero-order valence-corrected chi connectivity index (χ0v) is 12.7. The number of hydrogen-bond donors (Lipinski definition) is 1. The monoisotopic (exact) mass is 292 g/mol. The predicted molar refractivity (Wildman–Crippen MR) is 83.6 cm³/mol. The molecule has 0 radical (unpaired) electrons. The van der Waals surface area contributed by atoms with E-state index in [1.807, 2.05) is 12.1 Å². The lowest BCUT2D eigenvalue weighted by Gasteiger charge is -2.09. The van der Waals surface area contributed by atoms with Gasteiger partial charge in [0, 0.05) is 11.3 Å². The Morgan fingerprint density at radius 2 is 2.15 bits per heavy atom. The Hall–Kier alpha value is -1.49. The third-order valence-electron chi connectivity index (χ3n) is 2.89. The lowest BCUT2D eigenvalue weighted by molar-refractivity contribution is 0.0978. The minimum atomic E-state index is -0.119. The molecule has 0 aliphatic carbocycles. The minimum Gasteiger partial charge on any atom is -0.494 e. The number of aliphatic imine (C=N–C) groups is 1. The Morgan fingerprint density at radius 3 is 2.75 bits per heavy atom. The van der Waals surface area contributed by atoms with Crippen molar-refractivity contribution in [3.63, 3.8) is 0 Å². The standard InChI is InChI=1S/C15H20N2O2S/c1-11(2)7-9-19-13-5-3-12(4-6-13)14(18)17-15-16-8-10-20-15/h3-6,11H,7-10H2,1-2H3,(H,16,17,18). The number of hydrogen-bond acceptors (Lipinski definition) is 4. The normalized spacial score (nSPS) is 14.2. The van der Waals surface area contributed by atoms with E-state index in [1.165, 1.54) is 0 Å². The van der Waals surface area contributed by atoms with Crippen LogP contribution >= 0.6 is 11.8 Å². The fraction of sp³-hybridized carbons (Fsp3) is 0.467. The highest BCUT2D eigenvalue weighted by Crippen LogP contribution is 2.14. The number of amidine groups is 1. The highest BCUT2D eigenvalue weighted by Gasteiger charge is 2.12. The average molecular weight is 292 g/mol. The maximum atomic E-state index is 12.0. The quantitative estimate of drug-likeness (QED) is 0.907. The van der Waals surface area contributed by atoms with Gasteiger partial charge in [0.25, 0.3) is 5.91 Å². The van der Waals surface area contributed by atoms with E-state index >= 15 is 0 Å². The van der Waals surface area contributed by atoms with Gasteiger partial charge in [0.15, 0.2) is 5.17 Å². The van der Waals surface area contributed by atoms with Crippen molar-refractivity contribution in [1.82, 2.24) is 5.32 Å². The van der Waals surface area contributed by atoms with E-state index in [0.717, 1.165) is 24.5 Å². The molecule has 0 saturated heterocycles. The van der Waals surface area contributed by atoms with E-state index in [1.54, 1.807) is 23.9 Å². The highest BCUT2D eigenvalue weighted by atomic mass is 32.2. The van der Waals surface area contributed by atoms with Gasteiger partial charge in [-0.3, -0.25) is 9.79 Å². The number of nitrogens with one attached hydrogen (secondary N) is 1. The van der Waals surface area contributed by atoms with E-state index in [4.69, 9.17) is 4.74 Å². The number of thioether (sulfide) groups is 1. The molecule has 1 amide bonds. The Balaban J connectivity index is 1.85. The Morgan fingerprint density at radius 1 is 1.40 bits per heavy atom. The van der Waals surface area contributed by atoms with Crippen LogP contribution in [-0.2, 0) is 0 Å². The lowest BCUT2D eigenvalue weighted by Crippen LogP contribution is -2.27. The maximum Gasteiger partial charge on any atom is 0.257 e. The molecule has 2 rings (SSSR count). The molecule has 0 saturated carbocycles. The van der Waals surface area contributed by atoms with Crippen molar-refractivity contribution in [3.8, 4) is 5.75 Å². The number of amides is 1. The van der Waals surface area contributed by atoms with E-state index < -0.39 is 0 Å². The summed E-state index contributed by atoms with van der Waals surface area (Å²) in [5, 5.41) is 3.52. The summed E-state index contributed by atoms with van der Waals surface area (Å²) >= 11 is 1.58. The van der Waals surface area contributed by atoms with Crippen LogP contribution in [0.1, 0.15) is 30.6 Å².